The minimum Gasteiger partial charge on any atom is -0.493 e. The number of ether oxygens (including phenoxy) is 1. The van der Waals surface area contributed by atoms with Gasteiger partial charge in [-0.15, -0.1) is 0 Å². The Hall–Kier alpha value is -3.16. The third kappa shape index (κ3) is 8.27. The van der Waals surface area contributed by atoms with E-state index < -0.39 is 11.9 Å². The summed E-state index contributed by atoms with van der Waals surface area (Å²) in [5.74, 6) is -0.703. The number of carboxylic acids is 1. The van der Waals surface area contributed by atoms with Crippen molar-refractivity contribution in [2.45, 2.75) is 71.9 Å². The van der Waals surface area contributed by atoms with Crippen LogP contribution in [0.25, 0.3) is 0 Å². The molecule has 43 heavy (non-hydrogen) atoms. The van der Waals surface area contributed by atoms with Crippen molar-refractivity contribution in [1.82, 2.24) is 4.90 Å². The first-order valence-corrected chi connectivity index (χ1v) is 15.9. The van der Waals surface area contributed by atoms with Crippen LogP contribution < -0.4 is 9.64 Å². The molecular formula is C36H52N3O4+. The zero-order valence-corrected chi connectivity index (χ0v) is 27.3. The maximum atomic E-state index is 14.2. The number of unbranched alkanes of at least 4 members (excludes halogenated alkanes) is 1. The van der Waals surface area contributed by atoms with E-state index in [-0.39, 0.29) is 29.8 Å². The maximum Gasteiger partial charge on any atom is 0.308 e. The van der Waals surface area contributed by atoms with Crippen LogP contribution in [-0.2, 0) is 22.6 Å². The first-order valence-electron chi connectivity index (χ1n) is 15.9. The van der Waals surface area contributed by atoms with Crippen LogP contribution in [0.2, 0.25) is 0 Å². The van der Waals surface area contributed by atoms with Gasteiger partial charge in [-0.2, -0.15) is 0 Å². The predicted octanol–water partition coefficient (Wildman–Crippen LogP) is 6.12. The summed E-state index contributed by atoms with van der Waals surface area (Å²) in [5.41, 5.74) is 4.06. The highest BCUT2D eigenvalue weighted by Gasteiger charge is 2.48. The van der Waals surface area contributed by atoms with Crippen LogP contribution in [-0.4, -0.2) is 79.8 Å². The second-order valence-electron chi connectivity index (χ2n) is 14.1. The van der Waals surface area contributed by atoms with Gasteiger partial charge in [0.2, 0.25) is 5.91 Å². The third-order valence-corrected chi connectivity index (χ3v) is 8.78. The van der Waals surface area contributed by atoms with Crippen molar-refractivity contribution in [3.8, 4) is 5.75 Å². The molecule has 1 amide bonds. The van der Waals surface area contributed by atoms with Crippen molar-refractivity contribution in [2.24, 2.45) is 11.3 Å². The van der Waals surface area contributed by atoms with E-state index in [2.05, 4.69) is 71.1 Å². The van der Waals surface area contributed by atoms with Gasteiger partial charge in [-0.1, -0.05) is 63.6 Å². The number of hydrogen-bond donors (Lipinski definition) is 1. The number of anilines is 1. The Kier molecular flexibility index (Phi) is 10.4. The number of allylic oxidation sites excluding steroid dienone is 2. The zero-order chi connectivity index (χ0) is 31.4. The van der Waals surface area contributed by atoms with Crippen LogP contribution in [0.5, 0.6) is 5.75 Å². The number of carboxylic acid groups (broad SMARTS) is 1. The van der Waals surface area contributed by atoms with Gasteiger partial charge in [0, 0.05) is 42.7 Å². The first kappa shape index (κ1) is 32.7. The SMILES string of the molecule is C/C=C/C(C)(C)CC1C(C(=O)O)C(c2ccc3c(c2)CCO3)CN1CC(=O)N(CCCC)c1cccc(C[N+](C)(C)C)c1. The quantitative estimate of drug-likeness (QED) is 0.225. The van der Waals surface area contributed by atoms with E-state index in [1.807, 2.05) is 42.2 Å². The maximum absolute atomic E-state index is 14.2. The predicted molar refractivity (Wildman–Crippen MR) is 174 cm³/mol. The van der Waals surface area contributed by atoms with E-state index in [0.717, 1.165) is 52.9 Å². The molecule has 3 atom stereocenters. The molecule has 0 bridgehead atoms. The van der Waals surface area contributed by atoms with Crippen LogP contribution in [0, 0.1) is 11.3 Å². The van der Waals surface area contributed by atoms with Crippen molar-refractivity contribution >= 4 is 17.6 Å². The number of fused-ring (bicyclic) bond motifs is 1. The molecule has 2 aliphatic rings. The van der Waals surface area contributed by atoms with Gasteiger partial charge in [-0.3, -0.25) is 14.5 Å². The smallest absolute Gasteiger partial charge is 0.308 e. The van der Waals surface area contributed by atoms with E-state index in [0.29, 0.717) is 26.1 Å². The second-order valence-corrected chi connectivity index (χ2v) is 14.1. The Labute approximate surface area is 258 Å². The molecule has 0 aromatic heterocycles. The lowest BCUT2D eigenvalue weighted by Crippen LogP contribution is -2.45. The summed E-state index contributed by atoms with van der Waals surface area (Å²) in [6.07, 6.45) is 7.57. The fourth-order valence-electron chi connectivity index (χ4n) is 6.92. The number of rotatable bonds is 13. The number of carbonyl (C=O) groups is 2. The Morgan fingerprint density at radius 2 is 1.93 bits per heavy atom. The molecule has 234 valence electrons. The molecule has 7 heteroatoms. The van der Waals surface area contributed by atoms with Gasteiger partial charge >= 0.3 is 5.97 Å². The number of likely N-dealkylation sites (tertiary alicyclic amines) is 1. The van der Waals surface area contributed by atoms with Crippen molar-refractivity contribution in [2.75, 3.05) is 52.3 Å². The molecule has 4 rings (SSSR count). The molecule has 0 aliphatic carbocycles. The summed E-state index contributed by atoms with van der Waals surface area (Å²) < 4.78 is 6.53. The summed E-state index contributed by atoms with van der Waals surface area (Å²) in [4.78, 5) is 31.3. The lowest BCUT2D eigenvalue weighted by Gasteiger charge is -2.34. The fourth-order valence-corrected chi connectivity index (χ4v) is 6.92. The monoisotopic (exact) mass is 590 g/mol. The normalized spacial score (nSPS) is 20.8. The molecule has 7 nitrogen and oxygen atoms in total. The molecule has 2 heterocycles. The molecule has 0 saturated carbocycles. The van der Waals surface area contributed by atoms with Crippen molar-refractivity contribution in [1.29, 1.82) is 0 Å². The highest BCUT2D eigenvalue weighted by Crippen LogP contribution is 2.44. The molecule has 2 aromatic rings. The molecule has 2 aliphatic heterocycles. The van der Waals surface area contributed by atoms with E-state index in [1.54, 1.807) is 0 Å². The lowest BCUT2D eigenvalue weighted by molar-refractivity contribution is -0.884. The molecule has 3 unspecified atom stereocenters. The number of aliphatic carboxylic acids is 1. The highest BCUT2D eigenvalue weighted by atomic mass is 16.5. The average Bonchev–Trinajstić information content (AvgIpc) is 3.52. The zero-order valence-electron chi connectivity index (χ0n) is 27.3. The van der Waals surface area contributed by atoms with Gasteiger partial charge in [0.25, 0.3) is 0 Å². The van der Waals surface area contributed by atoms with Gasteiger partial charge in [-0.05, 0) is 54.5 Å². The highest BCUT2D eigenvalue weighted by molar-refractivity contribution is 5.95. The first-order chi connectivity index (χ1) is 20.3. The molecule has 0 spiro atoms. The van der Waals surface area contributed by atoms with Crippen LogP contribution in [0.4, 0.5) is 5.69 Å². The topological polar surface area (TPSA) is 70.1 Å². The van der Waals surface area contributed by atoms with E-state index in [1.165, 1.54) is 5.56 Å². The second kappa shape index (κ2) is 13.6. The standard InChI is InChI=1S/C36H51N3O4/c1-8-10-18-38(29-13-11-12-26(20-29)25-39(5,6)7)33(40)24-37-23-30(27-14-15-32-28(21-27)16-19-43-32)34(35(41)42)31(37)22-36(3,4)17-9-2/h9,11-15,17,20-21,30-31,34H,8,10,16,18-19,22-25H2,1-7H3/p+1/b17-9+. The molecule has 0 radical (unpaired) electrons. The average molecular weight is 591 g/mol. The molecule has 1 fully saturated rings. The number of benzene rings is 2. The Balaban J connectivity index is 1.67. The molecular weight excluding hydrogens is 538 g/mol. The molecule has 2 aromatic carbocycles. The summed E-state index contributed by atoms with van der Waals surface area (Å²) in [6.45, 7) is 11.3. The van der Waals surface area contributed by atoms with E-state index in [9.17, 15) is 14.7 Å². The van der Waals surface area contributed by atoms with Gasteiger partial charge in [0.1, 0.15) is 12.3 Å². The van der Waals surface area contributed by atoms with Gasteiger partial charge in [0.05, 0.1) is 40.2 Å². The minimum absolute atomic E-state index is 0.0248. The van der Waals surface area contributed by atoms with Crippen LogP contribution in [0.3, 0.4) is 0 Å². The Morgan fingerprint density at radius 3 is 2.60 bits per heavy atom. The van der Waals surface area contributed by atoms with Gasteiger partial charge < -0.3 is 19.2 Å². The van der Waals surface area contributed by atoms with Crippen molar-refractivity contribution in [3.05, 3.63) is 71.3 Å². The fraction of sp³-hybridized carbons (Fsp3) is 0.556. The van der Waals surface area contributed by atoms with E-state index >= 15 is 0 Å². The van der Waals surface area contributed by atoms with Crippen LogP contribution in [0.15, 0.2) is 54.6 Å². The summed E-state index contributed by atoms with van der Waals surface area (Å²) in [6, 6.07) is 14.2. The minimum atomic E-state index is -0.797. The number of nitrogens with zero attached hydrogens (tertiary/aromatic N) is 3. The number of quaternary nitrogens is 1. The van der Waals surface area contributed by atoms with Gasteiger partial charge in [-0.25, -0.2) is 0 Å². The van der Waals surface area contributed by atoms with Crippen LogP contribution >= 0.6 is 0 Å². The summed E-state index contributed by atoms with van der Waals surface area (Å²) in [5, 5.41) is 10.6. The number of hydrogen-bond acceptors (Lipinski definition) is 4. The molecule has 1 saturated heterocycles. The summed E-state index contributed by atoms with van der Waals surface area (Å²) >= 11 is 0. The Bertz CT molecular complexity index is 1310. The number of amides is 1. The van der Waals surface area contributed by atoms with Crippen LogP contribution in [0.1, 0.15) is 69.6 Å². The Morgan fingerprint density at radius 1 is 1.16 bits per heavy atom. The van der Waals surface area contributed by atoms with Crippen molar-refractivity contribution < 1.29 is 23.9 Å². The van der Waals surface area contributed by atoms with Gasteiger partial charge in [0.15, 0.2) is 0 Å². The van der Waals surface area contributed by atoms with Crippen molar-refractivity contribution in [3.63, 3.8) is 0 Å². The largest absolute Gasteiger partial charge is 0.493 e. The lowest BCUT2D eigenvalue weighted by atomic mass is 9.77. The van der Waals surface area contributed by atoms with E-state index in [4.69, 9.17) is 4.74 Å². The summed E-state index contributed by atoms with van der Waals surface area (Å²) in [7, 11) is 6.50. The third-order valence-electron chi connectivity index (χ3n) is 8.78. The molecule has 1 N–H and O–H groups in total. The number of carbonyl (C=O) groups excluding carboxylic acids is 1.